The Morgan fingerprint density at radius 2 is 1.85 bits per heavy atom. The van der Waals surface area contributed by atoms with Crippen LogP contribution in [0.2, 0.25) is 0 Å². The molecule has 0 aromatic carbocycles. The van der Waals surface area contributed by atoms with E-state index in [2.05, 4.69) is 30.9 Å². The van der Waals surface area contributed by atoms with Crippen molar-refractivity contribution in [3.05, 3.63) is 18.2 Å². The second-order valence-corrected chi connectivity index (χ2v) is 7.74. The minimum Gasteiger partial charge on any atom is -0.480 e. The summed E-state index contributed by atoms with van der Waals surface area (Å²) in [5, 5.41) is 16.6. The second-order valence-electron chi connectivity index (χ2n) is 7.74. The number of aliphatic carboxylic acids is 1. The van der Waals surface area contributed by atoms with E-state index in [1.165, 1.54) is 12.5 Å². The minimum absolute atomic E-state index is 0.0898. The van der Waals surface area contributed by atoms with Gasteiger partial charge in [0.1, 0.15) is 12.1 Å². The summed E-state index contributed by atoms with van der Waals surface area (Å²) in [5.41, 5.74) is 16.9. The normalized spacial score (nSPS) is 13.5. The Morgan fingerprint density at radius 1 is 1.15 bits per heavy atom. The van der Waals surface area contributed by atoms with E-state index >= 15 is 0 Å². The highest BCUT2D eigenvalue weighted by atomic mass is 16.4. The van der Waals surface area contributed by atoms with Gasteiger partial charge in [-0.3, -0.25) is 19.4 Å². The SMILES string of the molecule is CC(C)C(N)C(=O)NC(Cc1cnc[nH]1)C(=O)NCC(=O)NC(CCCN=C(N)N)C(=O)O. The average Bonchev–Trinajstić information content (AvgIpc) is 3.25. The van der Waals surface area contributed by atoms with Crippen LogP contribution in [-0.2, 0) is 25.6 Å². The van der Waals surface area contributed by atoms with Gasteiger partial charge in [-0.1, -0.05) is 13.8 Å². The number of aliphatic imine (C=N–C) groups is 1. The zero-order chi connectivity index (χ0) is 25.0. The first-order chi connectivity index (χ1) is 15.5. The number of nitrogens with zero attached hydrogens (tertiary/aromatic N) is 2. The molecule has 1 aromatic rings. The number of nitrogens with one attached hydrogen (secondary N) is 4. The number of carbonyl (C=O) groups excluding carboxylic acids is 3. The number of H-pyrrole nitrogens is 1. The molecule has 14 heteroatoms. The summed E-state index contributed by atoms with van der Waals surface area (Å²) < 4.78 is 0. The molecule has 3 atom stereocenters. The Hall–Kier alpha value is -3.68. The Morgan fingerprint density at radius 3 is 2.39 bits per heavy atom. The van der Waals surface area contributed by atoms with Crippen molar-refractivity contribution in [3.8, 4) is 0 Å². The Kier molecular flexibility index (Phi) is 11.3. The van der Waals surface area contributed by atoms with E-state index in [1.807, 2.05) is 0 Å². The Bertz CT molecular complexity index is 822. The number of carboxylic acid groups (broad SMARTS) is 1. The van der Waals surface area contributed by atoms with E-state index in [0.717, 1.165) is 0 Å². The third kappa shape index (κ3) is 10.5. The lowest BCUT2D eigenvalue weighted by atomic mass is 10.0. The van der Waals surface area contributed by atoms with Gasteiger partial charge in [0.2, 0.25) is 17.7 Å². The summed E-state index contributed by atoms with van der Waals surface area (Å²) in [6.07, 6.45) is 3.44. The van der Waals surface area contributed by atoms with Crippen molar-refractivity contribution in [3.63, 3.8) is 0 Å². The van der Waals surface area contributed by atoms with Crippen LogP contribution in [0.3, 0.4) is 0 Å². The zero-order valence-corrected chi connectivity index (χ0v) is 18.7. The number of carboxylic acids is 1. The lowest BCUT2D eigenvalue weighted by Crippen LogP contribution is -2.55. The van der Waals surface area contributed by atoms with Crippen molar-refractivity contribution in [2.45, 2.75) is 51.2 Å². The number of aromatic amines is 1. The summed E-state index contributed by atoms with van der Waals surface area (Å²) in [5.74, 6) is -3.34. The number of aromatic nitrogens is 2. The molecule has 0 saturated carbocycles. The van der Waals surface area contributed by atoms with E-state index < -0.39 is 48.4 Å². The molecule has 0 spiro atoms. The van der Waals surface area contributed by atoms with E-state index in [9.17, 15) is 24.3 Å². The number of hydrogen-bond donors (Lipinski definition) is 8. The predicted octanol–water partition coefficient (Wildman–Crippen LogP) is -2.84. The van der Waals surface area contributed by atoms with Gasteiger partial charge < -0.3 is 43.2 Å². The number of nitrogens with two attached hydrogens (primary N) is 3. The molecule has 0 aliphatic carbocycles. The molecule has 0 saturated heterocycles. The molecule has 0 aliphatic rings. The zero-order valence-electron chi connectivity index (χ0n) is 18.7. The lowest BCUT2D eigenvalue weighted by molar-refractivity contribution is -0.142. The molecule has 0 radical (unpaired) electrons. The van der Waals surface area contributed by atoms with Crippen LogP contribution in [0.25, 0.3) is 0 Å². The fraction of sp³-hybridized carbons (Fsp3) is 0.579. The smallest absolute Gasteiger partial charge is 0.326 e. The summed E-state index contributed by atoms with van der Waals surface area (Å²) in [7, 11) is 0. The maximum atomic E-state index is 12.7. The molecule has 1 heterocycles. The predicted molar refractivity (Wildman–Crippen MR) is 120 cm³/mol. The number of rotatable bonds is 14. The number of amides is 3. The highest BCUT2D eigenvalue weighted by Gasteiger charge is 2.27. The van der Waals surface area contributed by atoms with Gasteiger partial charge in [-0.05, 0) is 18.8 Å². The quantitative estimate of drug-likeness (QED) is 0.0796. The van der Waals surface area contributed by atoms with Crippen LogP contribution in [0.15, 0.2) is 17.5 Å². The molecule has 11 N–H and O–H groups in total. The van der Waals surface area contributed by atoms with Gasteiger partial charge in [0.15, 0.2) is 5.96 Å². The van der Waals surface area contributed by atoms with Gasteiger partial charge in [-0.25, -0.2) is 9.78 Å². The summed E-state index contributed by atoms with van der Waals surface area (Å²) >= 11 is 0. The number of guanidine groups is 1. The molecule has 0 bridgehead atoms. The highest BCUT2D eigenvalue weighted by molar-refractivity contribution is 5.92. The van der Waals surface area contributed by atoms with E-state index in [0.29, 0.717) is 12.1 Å². The average molecular weight is 468 g/mol. The van der Waals surface area contributed by atoms with Crippen molar-refractivity contribution in [2.24, 2.45) is 28.1 Å². The van der Waals surface area contributed by atoms with Crippen LogP contribution in [0.5, 0.6) is 0 Å². The van der Waals surface area contributed by atoms with Crippen LogP contribution < -0.4 is 33.2 Å². The fourth-order valence-electron chi connectivity index (χ4n) is 2.69. The van der Waals surface area contributed by atoms with Crippen molar-refractivity contribution >= 4 is 29.7 Å². The van der Waals surface area contributed by atoms with Crippen molar-refractivity contribution in [2.75, 3.05) is 13.1 Å². The van der Waals surface area contributed by atoms with Crippen LogP contribution in [0.4, 0.5) is 0 Å². The molecule has 1 rings (SSSR count). The van der Waals surface area contributed by atoms with Crippen molar-refractivity contribution in [1.29, 1.82) is 0 Å². The number of imidazole rings is 1. The molecule has 1 aromatic heterocycles. The van der Waals surface area contributed by atoms with Crippen LogP contribution in [0.1, 0.15) is 32.4 Å². The molecule has 33 heavy (non-hydrogen) atoms. The standard InChI is InChI=1S/C19H33N9O5/c1-10(2)15(20)17(31)28-13(6-11-7-23-9-26-11)16(30)25-8-14(29)27-12(18(32)33)4-3-5-24-19(21)22/h7,9-10,12-13,15H,3-6,8,20H2,1-2H3,(H,23,26)(H,25,30)(H,27,29)(H,28,31)(H,32,33)(H4,21,22,24). The second kappa shape index (κ2) is 13.7. The van der Waals surface area contributed by atoms with Crippen LogP contribution in [-0.4, -0.2) is 75.9 Å². The third-order valence-electron chi connectivity index (χ3n) is 4.63. The summed E-state index contributed by atoms with van der Waals surface area (Å²) in [6.45, 7) is 3.28. The maximum absolute atomic E-state index is 12.7. The first-order valence-corrected chi connectivity index (χ1v) is 10.4. The monoisotopic (exact) mass is 467 g/mol. The van der Waals surface area contributed by atoms with Crippen LogP contribution >= 0.6 is 0 Å². The first kappa shape index (κ1) is 27.4. The van der Waals surface area contributed by atoms with E-state index in [4.69, 9.17) is 17.2 Å². The van der Waals surface area contributed by atoms with Gasteiger partial charge in [0.05, 0.1) is 18.9 Å². The minimum atomic E-state index is -1.23. The molecular weight excluding hydrogens is 434 g/mol. The molecular formula is C19H33N9O5. The maximum Gasteiger partial charge on any atom is 0.326 e. The fourth-order valence-corrected chi connectivity index (χ4v) is 2.69. The molecule has 0 fully saturated rings. The Labute approximate surface area is 191 Å². The number of hydrogen-bond acceptors (Lipinski definition) is 7. The molecule has 3 amide bonds. The molecule has 14 nitrogen and oxygen atoms in total. The van der Waals surface area contributed by atoms with Gasteiger partial charge >= 0.3 is 5.97 Å². The molecule has 3 unspecified atom stereocenters. The summed E-state index contributed by atoms with van der Waals surface area (Å²) in [6, 6.07) is -3.01. The van der Waals surface area contributed by atoms with Gasteiger partial charge in [0.25, 0.3) is 0 Å². The van der Waals surface area contributed by atoms with Gasteiger partial charge in [-0.15, -0.1) is 0 Å². The molecule has 0 aliphatic heterocycles. The van der Waals surface area contributed by atoms with E-state index in [1.54, 1.807) is 13.8 Å². The van der Waals surface area contributed by atoms with Gasteiger partial charge in [0, 0.05) is 24.9 Å². The largest absolute Gasteiger partial charge is 0.480 e. The van der Waals surface area contributed by atoms with Crippen molar-refractivity contribution in [1.82, 2.24) is 25.9 Å². The summed E-state index contributed by atoms with van der Waals surface area (Å²) in [4.78, 5) is 59.0. The van der Waals surface area contributed by atoms with E-state index in [-0.39, 0.29) is 31.3 Å². The van der Waals surface area contributed by atoms with Crippen LogP contribution in [0, 0.1) is 5.92 Å². The lowest BCUT2D eigenvalue weighted by Gasteiger charge is -2.22. The highest BCUT2D eigenvalue weighted by Crippen LogP contribution is 2.03. The van der Waals surface area contributed by atoms with Crippen molar-refractivity contribution < 1.29 is 24.3 Å². The number of carbonyl (C=O) groups is 4. The third-order valence-corrected chi connectivity index (χ3v) is 4.63. The first-order valence-electron chi connectivity index (χ1n) is 10.4. The Balaban J connectivity index is 2.67. The van der Waals surface area contributed by atoms with Gasteiger partial charge in [-0.2, -0.15) is 0 Å². The molecule has 184 valence electrons. The topological polar surface area (TPSA) is 244 Å².